The third-order valence-corrected chi connectivity index (χ3v) is 3.02. The highest BCUT2D eigenvalue weighted by Crippen LogP contribution is 2.23. The summed E-state index contributed by atoms with van der Waals surface area (Å²) < 4.78 is 5.51. The fourth-order valence-electron chi connectivity index (χ4n) is 1.74. The fourth-order valence-corrected chi connectivity index (χ4v) is 1.74. The van der Waals surface area contributed by atoms with Gasteiger partial charge in [0.05, 0.1) is 23.7 Å². The molecule has 0 amide bonds. The number of nitriles is 1. The van der Waals surface area contributed by atoms with Crippen LogP contribution in [0.15, 0.2) is 18.2 Å². The lowest BCUT2D eigenvalue weighted by molar-refractivity contribution is 0.0698. The molecular formula is C15H20N2O3. The van der Waals surface area contributed by atoms with Gasteiger partial charge < -0.3 is 15.6 Å². The highest BCUT2D eigenvalue weighted by atomic mass is 16.5. The van der Waals surface area contributed by atoms with Gasteiger partial charge in [0.25, 0.3) is 0 Å². The first-order chi connectivity index (χ1) is 9.35. The minimum atomic E-state index is -1.05. The number of carboxylic acid groups (broad SMARTS) is 1. The lowest BCUT2D eigenvalue weighted by atomic mass is 9.89. The zero-order valence-corrected chi connectivity index (χ0v) is 11.8. The van der Waals surface area contributed by atoms with Crippen LogP contribution in [0, 0.1) is 16.7 Å². The molecule has 5 nitrogen and oxygen atoms in total. The predicted octanol–water partition coefficient (Wildman–Crippen LogP) is 3.07. The number of carbonyl (C=O) groups is 1. The van der Waals surface area contributed by atoms with Crippen molar-refractivity contribution in [3.63, 3.8) is 0 Å². The summed E-state index contributed by atoms with van der Waals surface area (Å²) in [5.41, 5.74) is 5.60. The molecule has 0 aliphatic carbocycles. The number of benzene rings is 1. The number of nitrogens with two attached hydrogens (primary N) is 1. The second-order valence-electron chi connectivity index (χ2n) is 5.36. The minimum Gasteiger partial charge on any atom is -0.494 e. The highest BCUT2D eigenvalue weighted by Gasteiger charge is 2.15. The molecule has 0 aliphatic rings. The summed E-state index contributed by atoms with van der Waals surface area (Å²) in [4.78, 5) is 10.8. The van der Waals surface area contributed by atoms with E-state index in [0.717, 1.165) is 19.3 Å². The van der Waals surface area contributed by atoms with Crippen LogP contribution < -0.4 is 10.5 Å². The Morgan fingerprint density at radius 2 is 2.15 bits per heavy atom. The Labute approximate surface area is 119 Å². The summed E-state index contributed by atoms with van der Waals surface area (Å²) in [5.74, 6) is -0.486. The van der Waals surface area contributed by atoms with E-state index in [0.29, 0.717) is 12.4 Å². The standard InChI is InChI=1S/C15H20N2O3/c1-15(2,10-16)7-3-4-8-20-11-5-6-12(14(18)19)13(17)9-11/h5-6,9H,3-4,7-8,17H2,1-2H3,(H,18,19). The number of ether oxygens (including phenoxy) is 1. The number of rotatable bonds is 7. The molecule has 0 radical (unpaired) electrons. The Kier molecular flexibility index (Phi) is 5.39. The van der Waals surface area contributed by atoms with E-state index >= 15 is 0 Å². The van der Waals surface area contributed by atoms with Crippen LogP contribution in [0.4, 0.5) is 5.69 Å². The molecule has 0 bridgehead atoms. The molecule has 0 aromatic heterocycles. The van der Waals surface area contributed by atoms with Crippen molar-refractivity contribution in [3.8, 4) is 11.8 Å². The van der Waals surface area contributed by atoms with E-state index in [1.165, 1.54) is 12.1 Å². The van der Waals surface area contributed by atoms with Crippen molar-refractivity contribution < 1.29 is 14.6 Å². The van der Waals surface area contributed by atoms with Crippen molar-refractivity contribution in [2.24, 2.45) is 5.41 Å². The monoisotopic (exact) mass is 276 g/mol. The van der Waals surface area contributed by atoms with Crippen LogP contribution in [-0.4, -0.2) is 17.7 Å². The number of hydrogen-bond acceptors (Lipinski definition) is 4. The van der Waals surface area contributed by atoms with E-state index in [9.17, 15) is 4.79 Å². The first-order valence-corrected chi connectivity index (χ1v) is 6.52. The lowest BCUT2D eigenvalue weighted by Gasteiger charge is -2.14. The molecule has 0 spiro atoms. The van der Waals surface area contributed by atoms with Crippen LogP contribution in [0.1, 0.15) is 43.5 Å². The predicted molar refractivity (Wildman–Crippen MR) is 76.6 cm³/mol. The average molecular weight is 276 g/mol. The molecule has 1 rings (SSSR count). The van der Waals surface area contributed by atoms with Gasteiger partial charge in [-0.3, -0.25) is 0 Å². The van der Waals surface area contributed by atoms with Crippen molar-refractivity contribution in [2.45, 2.75) is 33.1 Å². The fraction of sp³-hybridized carbons (Fsp3) is 0.467. The summed E-state index contributed by atoms with van der Waals surface area (Å²) in [6.07, 6.45) is 2.57. The molecule has 0 unspecified atom stereocenters. The SMILES string of the molecule is CC(C)(C#N)CCCCOc1ccc(C(=O)O)c(N)c1. The van der Waals surface area contributed by atoms with Gasteiger partial charge in [-0.15, -0.1) is 0 Å². The zero-order chi connectivity index (χ0) is 15.2. The van der Waals surface area contributed by atoms with Gasteiger partial charge in [0.2, 0.25) is 0 Å². The number of aromatic carboxylic acids is 1. The van der Waals surface area contributed by atoms with Crippen LogP contribution in [0.3, 0.4) is 0 Å². The van der Waals surface area contributed by atoms with Gasteiger partial charge in [-0.05, 0) is 45.2 Å². The number of nitrogens with zero attached hydrogens (tertiary/aromatic N) is 1. The summed E-state index contributed by atoms with van der Waals surface area (Å²) in [5, 5.41) is 17.7. The number of hydrogen-bond donors (Lipinski definition) is 2. The third-order valence-electron chi connectivity index (χ3n) is 3.02. The van der Waals surface area contributed by atoms with Crippen LogP contribution in [-0.2, 0) is 0 Å². The van der Waals surface area contributed by atoms with Gasteiger partial charge in [0.1, 0.15) is 5.75 Å². The Morgan fingerprint density at radius 3 is 2.70 bits per heavy atom. The Morgan fingerprint density at radius 1 is 1.45 bits per heavy atom. The van der Waals surface area contributed by atoms with Crippen LogP contribution >= 0.6 is 0 Å². The van der Waals surface area contributed by atoms with Crippen molar-refractivity contribution >= 4 is 11.7 Å². The van der Waals surface area contributed by atoms with Crippen LogP contribution in [0.5, 0.6) is 5.75 Å². The van der Waals surface area contributed by atoms with Gasteiger partial charge in [0.15, 0.2) is 0 Å². The number of carboxylic acids is 1. The number of nitrogen functional groups attached to an aromatic ring is 1. The van der Waals surface area contributed by atoms with E-state index in [2.05, 4.69) is 6.07 Å². The molecule has 0 saturated carbocycles. The average Bonchev–Trinajstić information content (AvgIpc) is 2.38. The Hall–Kier alpha value is -2.22. The molecule has 0 heterocycles. The molecule has 0 fully saturated rings. The Balaban J connectivity index is 2.38. The van der Waals surface area contributed by atoms with Crippen LogP contribution in [0.25, 0.3) is 0 Å². The van der Waals surface area contributed by atoms with E-state index in [1.54, 1.807) is 6.07 Å². The molecule has 0 saturated heterocycles. The normalized spacial score (nSPS) is 10.8. The van der Waals surface area contributed by atoms with Crippen molar-refractivity contribution in [1.82, 2.24) is 0 Å². The Bertz CT molecular complexity index is 518. The lowest BCUT2D eigenvalue weighted by Crippen LogP contribution is -2.08. The molecule has 3 N–H and O–H groups in total. The molecule has 20 heavy (non-hydrogen) atoms. The summed E-state index contributed by atoms with van der Waals surface area (Å²) in [7, 11) is 0. The highest BCUT2D eigenvalue weighted by molar-refractivity contribution is 5.93. The minimum absolute atomic E-state index is 0.0770. The number of unbranched alkanes of at least 4 members (excludes halogenated alkanes) is 1. The van der Waals surface area contributed by atoms with E-state index in [1.807, 2.05) is 13.8 Å². The maximum Gasteiger partial charge on any atom is 0.337 e. The first-order valence-electron chi connectivity index (χ1n) is 6.52. The first kappa shape index (κ1) is 15.8. The van der Waals surface area contributed by atoms with Crippen molar-refractivity contribution in [2.75, 3.05) is 12.3 Å². The summed E-state index contributed by atoms with van der Waals surface area (Å²) in [6.45, 7) is 4.35. The second kappa shape index (κ2) is 6.80. The zero-order valence-electron chi connectivity index (χ0n) is 11.8. The summed E-state index contributed by atoms with van der Waals surface area (Å²) in [6, 6.07) is 6.81. The third kappa shape index (κ3) is 4.81. The van der Waals surface area contributed by atoms with Crippen LogP contribution in [0.2, 0.25) is 0 Å². The number of anilines is 1. The quantitative estimate of drug-likeness (QED) is 0.589. The topological polar surface area (TPSA) is 96.3 Å². The van der Waals surface area contributed by atoms with Gasteiger partial charge in [-0.2, -0.15) is 5.26 Å². The maximum atomic E-state index is 10.8. The smallest absolute Gasteiger partial charge is 0.337 e. The molecular weight excluding hydrogens is 256 g/mol. The molecule has 0 aliphatic heterocycles. The molecule has 0 atom stereocenters. The van der Waals surface area contributed by atoms with Crippen molar-refractivity contribution in [3.05, 3.63) is 23.8 Å². The molecule has 108 valence electrons. The van der Waals surface area contributed by atoms with Gasteiger partial charge in [-0.25, -0.2) is 4.79 Å². The largest absolute Gasteiger partial charge is 0.494 e. The summed E-state index contributed by atoms with van der Waals surface area (Å²) >= 11 is 0. The maximum absolute atomic E-state index is 10.8. The molecule has 1 aromatic rings. The second-order valence-corrected chi connectivity index (χ2v) is 5.36. The van der Waals surface area contributed by atoms with E-state index in [-0.39, 0.29) is 16.7 Å². The van der Waals surface area contributed by atoms with Gasteiger partial charge >= 0.3 is 5.97 Å². The van der Waals surface area contributed by atoms with E-state index < -0.39 is 5.97 Å². The van der Waals surface area contributed by atoms with Gasteiger partial charge in [0, 0.05) is 11.8 Å². The van der Waals surface area contributed by atoms with Crippen molar-refractivity contribution in [1.29, 1.82) is 5.26 Å². The molecule has 5 heteroatoms. The van der Waals surface area contributed by atoms with E-state index in [4.69, 9.17) is 20.8 Å². The molecule has 1 aromatic carbocycles. The van der Waals surface area contributed by atoms with Gasteiger partial charge in [-0.1, -0.05) is 0 Å².